The van der Waals surface area contributed by atoms with Crippen molar-refractivity contribution >= 4 is 11.6 Å². The number of hydrogen-bond donors (Lipinski definition) is 1. The van der Waals surface area contributed by atoms with Gasteiger partial charge in [-0.2, -0.15) is 0 Å². The Balaban J connectivity index is 2.06. The largest absolute Gasteiger partial charge is 0.457 e. The first-order valence-electron chi connectivity index (χ1n) is 8.60. The minimum Gasteiger partial charge on any atom is -0.457 e. The molecule has 136 valence electrons. The van der Waals surface area contributed by atoms with E-state index in [0.717, 1.165) is 0 Å². The molecule has 0 heterocycles. The van der Waals surface area contributed by atoms with Crippen LogP contribution in [0.25, 0.3) is 0 Å². The maximum atomic E-state index is 12.9. The van der Waals surface area contributed by atoms with Crippen molar-refractivity contribution in [2.75, 3.05) is 0 Å². The summed E-state index contributed by atoms with van der Waals surface area (Å²) in [5.41, 5.74) is -0.373. The van der Waals surface area contributed by atoms with Crippen LogP contribution in [-0.4, -0.2) is 22.3 Å². The minimum atomic E-state index is -1.52. The summed E-state index contributed by atoms with van der Waals surface area (Å²) in [6.07, 6.45) is 0. The van der Waals surface area contributed by atoms with Crippen LogP contribution in [0.3, 0.4) is 0 Å². The Morgan fingerprint density at radius 2 is 1.41 bits per heavy atom. The van der Waals surface area contributed by atoms with Crippen LogP contribution >= 0.6 is 0 Å². The molecule has 3 aromatic rings. The predicted octanol–water partition coefficient (Wildman–Crippen LogP) is 4.66. The molecule has 4 heteroatoms. The predicted molar refractivity (Wildman–Crippen MR) is 103 cm³/mol. The highest BCUT2D eigenvalue weighted by atomic mass is 16.5. The molecule has 0 aromatic heterocycles. The Kier molecular flexibility index (Phi) is 5.19. The van der Waals surface area contributed by atoms with Crippen LogP contribution < -0.4 is 4.74 Å². The molecule has 0 saturated carbocycles. The third-order valence-electron chi connectivity index (χ3n) is 4.05. The fraction of sp³-hybridized carbons (Fsp3) is 0.130. The van der Waals surface area contributed by atoms with Gasteiger partial charge in [-0.15, -0.1) is 0 Å². The van der Waals surface area contributed by atoms with Gasteiger partial charge in [0.2, 0.25) is 0 Å². The Morgan fingerprint density at radius 1 is 0.815 bits per heavy atom. The van der Waals surface area contributed by atoms with Gasteiger partial charge in [0.05, 0.1) is 5.56 Å². The van der Waals surface area contributed by atoms with E-state index in [9.17, 15) is 14.7 Å². The van der Waals surface area contributed by atoms with Crippen LogP contribution in [0.1, 0.15) is 40.1 Å². The number of carbonyl (C=O) groups is 2. The second-order valence-corrected chi connectivity index (χ2v) is 6.71. The van der Waals surface area contributed by atoms with Crippen LogP contribution in [0.5, 0.6) is 11.5 Å². The van der Waals surface area contributed by atoms with E-state index in [1.807, 2.05) is 24.3 Å². The first-order valence-corrected chi connectivity index (χ1v) is 8.60. The molecule has 0 unspecified atom stereocenters. The van der Waals surface area contributed by atoms with Crippen LogP contribution in [0.2, 0.25) is 0 Å². The molecule has 0 spiro atoms. The van der Waals surface area contributed by atoms with Crippen molar-refractivity contribution in [2.45, 2.75) is 19.4 Å². The fourth-order valence-electron chi connectivity index (χ4n) is 2.65. The molecule has 3 aromatic carbocycles. The topological polar surface area (TPSA) is 63.6 Å². The molecule has 0 amide bonds. The summed E-state index contributed by atoms with van der Waals surface area (Å²) in [6.45, 7) is 2.85. The van der Waals surface area contributed by atoms with Crippen molar-refractivity contribution in [1.82, 2.24) is 0 Å². The lowest BCUT2D eigenvalue weighted by Crippen LogP contribution is -2.31. The van der Waals surface area contributed by atoms with Crippen molar-refractivity contribution in [3.8, 4) is 11.5 Å². The van der Waals surface area contributed by atoms with Crippen LogP contribution in [0.15, 0.2) is 78.9 Å². The molecule has 0 aliphatic carbocycles. The normalized spacial score (nSPS) is 11.1. The molecular weight excluding hydrogens is 340 g/mol. The summed E-state index contributed by atoms with van der Waals surface area (Å²) in [5.74, 6) is 0.167. The van der Waals surface area contributed by atoms with Gasteiger partial charge in [0.15, 0.2) is 11.6 Å². The van der Waals surface area contributed by atoms with Crippen molar-refractivity contribution in [3.05, 3.63) is 95.6 Å². The molecule has 0 radical (unpaired) electrons. The average Bonchev–Trinajstić information content (AvgIpc) is 2.67. The molecule has 0 atom stereocenters. The lowest BCUT2D eigenvalue weighted by molar-refractivity contribution is 0.0487. The van der Waals surface area contributed by atoms with Crippen LogP contribution in [-0.2, 0) is 0 Å². The number of ketones is 2. The molecule has 0 bridgehead atoms. The molecule has 0 fully saturated rings. The zero-order valence-electron chi connectivity index (χ0n) is 15.2. The zero-order valence-corrected chi connectivity index (χ0v) is 15.2. The number of aliphatic hydroxyl groups is 1. The Labute approximate surface area is 158 Å². The average molecular weight is 360 g/mol. The highest BCUT2D eigenvalue weighted by molar-refractivity contribution is 6.11. The molecule has 4 nitrogen and oxygen atoms in total. The van der Waals surface area contributed by atoms with Gasteiger partial charge < -0.3 is 9.84 Å². The van der Waals surface area contributed by atoms with Crippen LogP contribution in [0.4, 0.5) is 0 Å². The molecule has 27 heavy (non-hydrogen) atoms. The molecule has 3 rings (SSSR count). The van der Waals surface area contributed by atoms with Gasteiger partial charge in [0.25, 0.3) is 0 Å². The Bertz CT molecular complexity index is 955. The molecule has 0 aliphatic heterocycles. The number of benzene rings is 3. The summed E-state index contributed by atoms with van der Waals surface area (Å²) in [4.78, 5) is 25.4. The van der Waals surface area contributed by atoms with Gasteiger partial charge in [0, 0.05) is 11.1 Å². The SMILES string of the molecule is CC(C)(O)C(=O)c1ccc(C(=O)c2ccccc2)c(Oc2ccccc2)c1. The first kappa shape index (κ1) is 18.5. The third-order valence-corrected chi connectivity index (χ3v) is 4.05. The quantitative estimate of drug-likeness (QED) is 0.649. The van der Waals surface area contributed by atoms with E-state index in [2.05, 4.69) is 0 Å². The van der Waals surface area contributed by atoms with E-state index in [-0.39, 0.29) is 17.1 Å². The van der Waals surface area contributed by atoms with E-state index in [0.29, 0.717) is 16.9 Å². The lowest BCUT2D eigenvalue weighted by Gasteiger charge is -2.17. The Morgan fingerprint density at radius 3 is 2.00 bits per heavy atom. The van der Waals surface area contributed by atoms with E-state index in [1.54, 1.807) is 42.5 Å². The van der Waals surface area contributed by atoms with E-state index >= 15 is 0 Å². The number of Topliss-reactive ketones (excluding diaryl/α,β-unsaturated/α-hetero) is 1. The zero-order chi connectivity index (χ0) is 19.4. The molecule has 1 N–H and O–H groups in total. The van der Waals surface area contributed by atoms with Gasteiger partial charge in [0.1, 0.15) is 17.1 Å². The number of carbonyl (C=O) groups excluding carboxylic acids is 2. The summed E-state index contributed by atoms with van der Waals surface area (Å²) >= 11 is 0. The monoisotopic (exact) mass is 360 g/mol. The summed E-state index contributed by atoms with van der Waals surface area (Å²) in [6, 6.07) is 22.5. The lowest BCUT2D eigenvalue weighted by atomic mass is 9.94. The third kappa shape index (κ3) is 4.30. The standard InChI is InChI=1S/C23H20O4/c1-23(2,26)22(25)17-13-14-19(21(24)16-9-5-3-6-10-16)20(15-17)27-18-11-7-4-8-12-18/h3-15,26H,1-2H3. The molecule has 0 aliphatic rings. The van der Waals surface area contributed by atoms with Gasteiger partial charge in [-0.1, -0.05) is 54.6 Å². The van der Waals surface area contributed by atoms with Crippen molar-refractivity contribution in [2.24, 2.45) is 0 Å². The first-order chi connectivity index (χ1) is 12.9. The van der Waals surface area contributed by atoms with E-state index < -0.39 is 11.4 Å². The summed E-state index contributed by atoms with van der Waals surface area (Å²) in [7, 11) is 0. The molecule has 0 saturated heterocycles. The fourth-order valence-corrected chi connectivity index (χ4v) is 2.65. The van der Waals surface area contributed by atoms with Crippen molar-refractivity contribution in [1.29, 1.82) is 0 Å². The number of hydrogen-bond acceptors (Lipinski definition) is 4. The summed E-state index contributed by atoms with van der Waals surface area (Å²) < 4.78 is 5.90. The van der Waals surface area contributed by atoms with Gasteiger partial charge >= 0.3 is 0 Å². The maximum Gasteiger partial charge on any atom is 0.196 e. The number of para-hydroxylation sites is 1. The van der Waals surface area contributed by atoms with Gasteiger partial charge in [-0.05, 0) is 38.1 Å². The number of rotatable bonds is 6. The van der Waals surface area contributed by atoms with Crippen molar-refractivity contribution in [3.63, 3.8) is 0 Å². The highest BCUT2D eigenvalue weighted by Crippen LogP contribution is 2.29. The van der Waals surface area contributed by atoms with Crippen molar-refractivity contribution < 1.29 is 19.4 Å². The van der Waals surface area contributed by atoms with E-state index in [1.165, 1.54) is 26.0 Å². The maximum absolute atomic E-state index is 12.9. The van der Waals surface area contributed by atoms with Crippen LogP contribution in [0, 0.1) is 0 Å². The van der Waals surface area contributed by atoms with E-state index in [4.69, 9.17) is 4.74 Å². The van der Waals surface area contributed by atoms with Gasteiger partial charge in [-0.25, -0.2) is 0 Å². The number of ether oxygens (including phenoxy) is 1. The highest BCUT2D eigenvalue weighted by Gasteiger charge is 2.27. The second-order valence-electron chi connectivity index (χ2n) is 6.71. The summed E-state index contributed by atoms with van der Waals surface area (Å²) in [5, 5.41) is 10.0. The Hall–Kier alpha value is -3.24. The minimum absolute atomic E-state index is 0.205. The smallest absolute Gasteiger partial charge is 0.196 e. The second kappa shape index (κ2) is 7.56. The molecular formula is C23H20O4. The van der Waals surface area contributed by atoms with Gasteiger partial charge in [-0.3, -0.25) is 9.59 Å².